The van der Waals surface area contributed by atoms with Gasteiger partial charge in [-0.15, -0.1) is 0 Å². The van der Waals surface area contributed by atoms with Crippen LogP contribution in [-0.4, -0.2) is 97.5 Å². The Kier molecular flexibility index (Phi) is 26.2. The molecule has 47 heavy (non-hydrogen) atoms. The molecule has 4 N–H and O–H groups in total. The zero-order chi connectivity index (χ0) is 34.8. The normalized spacial score (nSPS) is 22.4. The van der Waals surface area contributed by atoms with Crippen molar-refractivity contribution < 1.29 is 56.2 Å². The first-order valence-electron chi connectivity index (χ1n) is 18.3. The highest BCUT2D eigenvalue weighted by Crippen LogP contribution is 2.26. The maximum absolute atomic E-state index is 12.7. The first-order chi connectivity index (χ1) is 22.6. The van der Waals surface area contributed by atoms with Gasteiger partial charge in [-0.3, -0.25) is 9.35 Å². The lowest BCUT2D eigenvalue weighted by molar-refractivity contribution is -0.301. The minimum Gasteiger partial charge on any atom is -0.457 e. The Bertz CT molecular complexity index is 858. The van der Waals surface area contributed by atoms with Crippen LogP contribution in [0.15, 0.2) is 0 Å². The highest BCUT2D eigenvalue weighted by Gasteiger charge is 2.48. The lowest BCUT2D eigenvalue weighted by atomic mass is 9.99. The van der Waals surface area contributed by atoms with Gasteiger partial charge in [-0.1, -0.05) is 129 Å². The van der Waals surface area contributed by atoms with Crippen molar-refractivity contribution in [3.8, 4) is 0 Å². The van der Waals surface area contributed by atoms with Crippen LogP contribution < -0.4 is 0 Å². The van der Waals surface area contributed by atoms with Crippen LogP contribution in [0.1, 0.15) is 149 Å². The van der Waals surface area contributed by atoms with Gasteiger partial charge in [-0.25, -0.2) is 4.18 Å². The summed E-state index contributed by atoms with van der Waals surface area (Å²) in [6, 6.07) is 0. The van der Waals surface area contributed by atoms with Gasteiger partial charge < -0.3 is 34.3 Å². The molecule has 12 nitrogen and oxygen atoms in total. The fraction of sp³-hybridized carbons (Fsp3) is 0.971. The van der Waals surface area contributed by atoms with Gasteiger partial charge in [0.25, 0.3) is 0 Å². The van der Waals surface area contributed by atoms with Gasteiger partial charge in [0, 0.05) is 13.0 Å². The largest absolute Gasteiger partial charge is 0.457 e. The number of esters is 1. The van der Waals surface area contributed by atoms with Gasteiger partial charge in [0.1, 0.15) is 30.5 Å². The second-order valence-electron chi connectivity index (χ2n) is 12.8. The molecule has 1 fully saturated rings. The summed E-state index contributed by atoms with van der Waals surface area (Å²) < 4.78 is 58.6. The number of ether oxygens (including phenoxy) is 4. The molecular weight excluding hydrogens is 632 g/mol. The van der Waals surface area contributed by atoms with Gasteiger partial charge in [0.15, 0.2) is 6.29 Å². The summed E-state index contributed by atoms with van der Waals surface area (Å²) in [5, 5.41) is 30.4. The van der Waals surface area contributed by atoms with Gasteiger partial charge in [-0.2, -0.15) is 8.42 Å². The third-order valence-corrected chi connectivity index (χ3v) is 8.94. The van der Waals surface area contributed by atoms with Crippen LogP contribution in [0.25, 0.3) is 0 Å². The van der Waals surface area contributed by atoms with E-state index in [-0.39, 0.29) is 19.6 Å². The predicted molar refractivity (Wildman–Crippen MR) is 179 cm³/mol. The predicted octanol–water partition coefficient (Wildman–Crippen LogP) is 5.79. The number of carbonyl (C=O) groups is 1. The molecule has 6 unspecified atom stereocenters. The maximum Gasteiger partial charge on any atom is 0.397 e. The average Bonchev–Trinajstić information content (AvgIpc) is 3.03. The van der Waals surface area contributed by atoms with Gasteiger partial charge >= 0.3 is 16.4 Å². The number of hydrogen-bond donors (Lipinski definition) is 4. The van der Waals surface area contributed by atoms with Crippen LogP contribution in [0, 0.1) is 0 Å². The molecule has 0 aliphatic carbocycles. The molecule has 1 aliphatic heterocycles. The van der Waals surface area contributed by atoms with Crippen LogP contribution in [-0.2, 0) is 38.3 Å². The molecule has 0 saturated carbocycles. The summed E-state index contributed by atoms with van der Waals surface area (Å²) in [4.78, 5) is 12.7. The SMILES string of the molecule is CCCCCCCCCCCCCC(=O)OC(COCCCCCCCCCCC)COC1OC(CO)C(O)C(OS(=O)(=O)O)C1O. The number of carbonyl (C=O) groups excluding carboxylic acids is 1. The van der Waals surface area contributed by atoms with Crippen molar-refractivity contribution in [2.24, 2.45) is 0 Å². The summed E-state index contributed by atoms with van der Waals surface area (Å²) in [5.41, 5.74) is 0. The number of aliphatic hydroxyl groups is 3. The molecule has 0 bridgehead atoms. The van der Waals surface area contributed by atoms with Crippen molar-refractivity contribution in [2.75, 3.05) is 26.4 Å². The Morgan fingerprint density at radius 2 is 1.21 bits per heavy atom. The van der Waals surface area contributed by atoms with E-state index in [4.69, 9.17) is 23.5 Å². The molecular formula is C34H66O12S. The zero-order valence-electron chi connectivity index (χ0n) is 29.1. The lowest BCUT2D eigenvalue weighted by Gasteiger charge is -2.41. The zero-order valence-corrected chi connectivity index (χ0v) is 29.9. The lowest BCUT2D eigenvalue weighted by Crippen LogP contribution is -2.60. The van der Waals surface area contributed by atoms with Gasteiger partial charge in [0.05, 0.1) is 19.8 Å². The van der Waals surface area contributed by atoms with Crippen molar-refractivity contribution >= 4 is 16.4 Å². The van der Waals surface area contributed by atoms with Crippen LogP contribution in [0.4, 0.5) is 0 Å². The Hall–Kier alpha value is -0.900. The second kappa shape index (κ2) is 27.9. The van der Waals surface area contributed by atoms with Gasteiger partial charge in [-0.05, 0) is 12.8 Å². The van der Waals surface area contributed by atoms with Crippen molar-refractivity contribution in [3.63, 3.8) is 0 Å². The van der Waals surface area contributed by atoms with Crippen molar-refractivity contribution in [1.29, 1.82) is 0 Å². The molecule has 0 aromatic heterocycles. The van der Waals surface area contributed by atoms with E-state index < -0.39 is 59.8 Å². The van der Waals surface area contributed by atoms with Crippen LogP contribution in [0.5, 0.6) is 0 Å². The Morgan fingerprint density at radius 1 is 0.723 bits per heavy atom. The minimum absolute atomic E-state index is 0.0425. The first-order valence-corrected chi connectivity index (χ1v) is 19.7. The van der Waals surface area contributed by atoms with E-state index in [2.05, 4.69) is 18.0 Å². The second-order valence-corrected chi connectivity index (χ2v) is 13.9. The summed E-state index contributed by atoms with van der Waals surface area (Å²) in [5.74, 6) is -0.400. The fourth-order valence-corrected chi connectivity index (χ4v) is 6.18. The summed E-state index contributed by atoms with van der Waals surface area (Å²) >= 11 is 0. The fourth-order valence-electron chi connectivity index (χ4n) is 5.67. The third kappa shape index (κ3) is 22.4. The molecule has 0 aromatic carbocycles. The quantitative estimate of drug-likeness (QED) is 0.0390. The molecule has 13 heteroatoms. The van der Waals surface area contributed by atoms with E-state index in [0.29, 0.717) is 13.0 Å². The summed E-state index contributed by atoms with van der Waals surface area (Å²) in [6.45, 7) is 3.95. The highest BCUT2D eigenvalue weighted by atomic mass is 32.3. The number of aliphatic hydroxyl groups excluding tert-OH is 3. The molecule has 0 radical (unpaired) electrons. The molecule has 0 aromatic rings. The standard InChI is InChI=1S/C34H66O12S/c1-3-5-7-9-11-13-14-15-17-19-21-23-30(36)44-28(26-42-24-22-20-18-16-12-10-8-6-4-2)27-43-34-32(38)33(46-47(39,40)41)31(37)29(25-35)45-34/h28-29,31-35,37-38H,3-27H2,1-2H3,(H,39,40,41). The Balaban J connectivity index is 2.54. The number of hydrogen-bond acceptors (Lipinski definition) is 11. The Labute approximate surface area is 284 Å². The van der Waals surface area contributed by atoms with Crippen LogP contribution in [0.2, 0.25) is 0 Å². The molecule has 6 atom stereocenters. The van der Waals surface area contributed by atoms with Crippen LogP contribution in [0.3, 0.4) is 0 Å². The molecule has 1 aliphatic rings. The summed E-state index contributed by atoms with van der Waals surface area (Å²) in [7, 11) is -5.05. The van der Waals surface area contributed by atoms with E-state index in [1.807, 2.05) is 0 Å². The highest BCUT2D eigenvalue weighted by molar-refractivity contribution is 7.80. The van der Waals surface area contributed by atoms with Crippen molar-refractivity contribution in [3.05, 3.63) is 0 Å². The Morgan fingerprint density at radius 3 is 1.70 bits per heavy atom. The van der Waals surface area contributed by atoms with Gasteiger partial charge in [0.2, 0.25) is 0 Å². The topological polar surface area (TPSA) is 178 Å². The minimum atomic E-state index is -5.05. The third-order valence-electron chi connectivity index (χ3n) is 8.48. The van der Waals surface area contributed by atoms with Crippen molar-refractivity contribution in [2.45, 2.75) is 185 Å². The molecule has 1 saturated heterocycles. The first kappa shape index (κ1) is 44.1. The van der Waals surface area contributed by atoms with E-state index >= 15 is 0 Å². The van der Waals surface area contributed by atoms with Crippen LogP contribution >= 0.6 is 0 Å². The number of rotatable bonds is 31. The molecule has 0 spiro atoms. The molecule has 0 amide bonds. The smallest absolute Gasteiger partial charge is 0.397 e. The maximum atomic E-state index is 12.7. The monoisotopic (exact) mass is 698 g/mol. The van der Waals surface area contributed by atoms with E-state index in [1.54, 1.807) is 0 Å². The number of unbranched alkanes of at least 4 members (excludes halogenated alkanes) is 18. The summed E-state index contributed by atoms with van der Waals surface area (Å²) in [6.07, 6.45) is 14.4. The van der Waals surface area contributed by atoms with Crippen molar-refractivity contribution in [1.82, 2.24) is 0 Å². The van der Waals surface area contributed by atoms with E-state index in [9.17, 15) is 28.5 Å². The molecule has 1 rings (SSSR count). The average molecular weight is 699 g/mol. The molecule has 1 heterocycles. The van der Waals surface area contributed by atoms with E-state index in [0.717, 1.165) is 38.5 Å². The van der Waals surface area contributed by atoms with E-state index in [1.165, 1.54) is 83.5 Å². The molecule has 280 valence electrons.